The van der Waals surface area contributed by atoms with Gasteiger partial charge < -0.3 is 10.2 Å². The summed E-state index contributed by atoms with van der Waals surface area (Å²) < 4.78 is 0. The predicted molar refractivity (Wildman–Crippen MR) is 75.7 cm³/mol. The quantitative estimate of drug-likeness (QED) is 0.749. The van der Waals surface area contributed by atoms with E-state index in [-0.39, 0.29) is 5.91 Å². The number of hydrogen-bond acceptors (Lipinski definition) is 2. The number of benzene rings is 1. The highest BCUT2D eigenvalue weighted by molar-refractivity contribution is 5.78. The molecular formula is C15H24N2O. The fourth-order valence-electron chi connectivity index (χ4n) is 2.00. The molecule has 0 fully saturated rings. The molecule has 1 aromatic carbocycles. The molecule has 0 saturated heterocycles. The Bertz CT molecular complexity index is 373. The van der Waals surface area contributed by atoms with Gasteiger partial charge in [0.2, 0.25) is 5.91 Å². The number of rotatable bonds is 7. The van der Waals surface area contributed by atoms with Crippen molar-refractivity contribution in [2.24, 2.45) is 0 Å². The minimum absolute atomic E-state index is 0.185. The molecule has 0 spiro atoms. The van der Waals surface area contributed by atoms with Crippen molar-refractivity contribution < 1.29 is 4.79 Å². The minimum Gasteiger partial charge on any atom is -0.342 e. The molecule has 100 valence electrons. The molecule has 0 saturated carbocycles. The van der Waals surface area contributed by atoms with Gasteiger partial charge in [0.05, 0.1) is 6.54 Å². The number of carbonyl (C=O) groups is 1. The Labute approximate surface area is 110 Å². The topological polar surface area (TPSA) is 32.3 Å². The molecule has 0 aliphatic carbocycles. The van der Waals surface area contributed by atoms with Crippen LogP contribution >= 0.6 is 0 Å². The third-order valence-electron chi connectivity index (χ3n) is 3.22. The second kappa shape index (κ2) is 7.88. The summed E-state index contributed by atoms with van der Waals surface area (Å²) in [6, 6.07) is 8.37. The lowest BCUT2D eigenvalue weighted by molar-refractivity contribution is -0.129. The van der Waals surface area contributed by atoms with Crippen molar-refractivity contribution in [2.45, 2.75) is 27.2 Å². The maximum Gasteiger partial charge on any atom is 0.236 e. The van der Waals surface area contributed by atoms with Crippen molar-refractivity contribution in [3.63, 3.8) is 0 Å². The molecule has 18 heavy (non-hydrogen) atoms. The predicted octanol–water partition coefficient (Wildman–Crippen LogP) is 2.00. The van der Waals surface area contributed by atoms with Crippen LogP contribution < -0.4 is 5.32 Å². The van der Waals surface area contributed by atoms with Crippen molar-refractivity contribution in [3.05, 3.63) is 35.4 Å². The maximum absolute atomic E-state index is 11.7. The molecule has 0 aromatic heterocycles. The van der Waals surface area contributed by atoms with E-state index in [0.717, 1.165) is 26.1 Å². The summed E-state index contributed by atoms with van der Waals surface area (Å²) in [5.41, 5.74) is 2.66. The van der Waals surface area contributed by atoms with E-state index in [2.05, 4.69) is 36.5 Å². The first-order chi connectivity index (χ1) is 8.69. The summed E-state index contributed by atoms with van der Waals surface area (Å²) in [6.07, 6.45) is 0.970. The Morgan fingerprint density at radius 1 is 1.22 bits per heavy atom. The van der Waals surface area contributed by atoms with Crippen molar-refractivity contribution in [1.82, 2.24) is 10.2 Å². The van der Waals surface area contributed by atoms with Crippen LogP contribution in [0, 0.1) is 6.92 Å². The Balaban J connectivity index is 2.27. The lowest BCUT2D eigenvalue weighted by Gasteiger charge is -2.18. The zero-order chi connectivity index (χ0) is 13.4. The van der Waals surface area contributed by atoms with Gasteiger partial charge in [-0.25, -0.2) is 0 Å². The first-order valence-electron chi connectivity index (χ1n) is 6.72. The molecule has 0 heterocycles. The Morgan fingerprint density at radius 3 is 2.50 bits per heavy atom. The van der Waals surface area contributed by atoms with Gasteiger partial charge in [-0.05, 0) is 44.9 Å². The lowest BCUT2D eigenvalue weighted by Crippen LogP contribution is -2.38. The second-order valence-corrected chi connectivity index (χ2v) is 4.42. The number of hydrogen-bond donors (Lipinski definition) is 1. The van der Waals surface area contributed by atoms with Crippen LogP contribution in [0.3, 0.4) is 0 Å². The van der Waals surface area contributed by atoms with Crippen LogP contribution in [0.1, 0.15) is 25.0 Å². The van der Waals surface area contributed by atoms with Crippen LogP contribution in [0.5, 0.6) is 0 Å². The summed E-state index contributed by atoms with van der Waals surface area (Å²) in [7, 11) is 0. The molecule has 1 rings (SSSR count). The smallest absolute Gasteiger partial charge is 0.236 e. The Morgan fingerprint density at radius 2 is 1.89 bits per heavy atom. The fraction of sp³-hybridized carbons (Fsp3) is 0.533. The molecular weight excluding hydrogens is 224 g/mol. The lowest BCUT2D eigenvalue weighted by atomic mass is 10.1. The van der Waals surface area contributed by atoms with Crippen molar-refractivity contribution in [2.75, 3.05) is 26.2 Å². The van der Waals surface area contributed by atoms with Crippen molar-refractivity contribution in [1.29, 1.82) is 0 Å². The largest absolute Gasteiger partial charge is 0.342 e. The number of amides is 1. The standard InChI is InChI=1S/C15H24N2O/c1-4-17(5-2)15(18)12-16-11-10-14-9-7-6-8-13(14)3/h6-9,16H,4-5,10-12H2,1-3H3. The molecule has 0 aliphatic heterocycles. The molecule has 1 amide bonds. The number of carbonyl (C=O) groups excluding carboxylic acids is 1. The highest BCUT2D eigenvalue weighted by Gasteiger charge is 2.07. The molecule has 0 bridgehead atoms. The van der Waals surface area contributed by atoms with Crippen LogP contribution in [0.15, 0.2) is 24.3 Å². The first-order valence-corrected chi connectivity index (χ1v) is 6.72. The highest BCUT2D eigenvalue weighted by Crippen LogP contribution is 2.06. The summed E-state index contributed by atoms with van der Waals surface area (Å²) in [5, 5.41) is 3.22. The van der Waals surface area contributed by atoms with Crippen LogP contribution in [0.4, 0.5) is 0 Å². The highest BCUT2D eigenvalue weighted by atomic mass is 16.2. The molecule has 3 heteroatoms. The van der Waals surface area contributed by atoms with E-state index in [4.69, 9.17) is 0 Å². The van der Waals surface area contributed by atoms with Gasteiger partial charge in [-0.1, -0.05) is 24.3 Å². The average molecular weight is 248 g/mol. The van der Waals surface area contributed by atoms with Gasteiger partial charge in [0.15, 0.2) is 0 Å². The third kappa shape index (κ3) is 4.49. The molecule has 1 N–H and O–H groups in total. The first kappa shape index (κ1) is 14.7. The fourth-order valence-corrected chi connectivity index (χ4v) is 2.00. The number of nitrogens with one attached hydrogen (secondary N) is 1. The summed E-state index contributed by atoms with van der Waals surface area (Å²) in [5.74, 6) is 0.185. The minimum atomic E-state index is 0.185. The maximum atomic E-state index is 11.7. The number of nitrogens with zero attached hydrogens (tertiary/aromatic N) is 1. The zero-order valence-corrected chi connectivity index (χ0v) is 11.7. The van der Waals surface area contributed by atoms with Crippen molar-refractivity contribution in [3.8, 4) is 0 Å². The molecule has 3 nitrogen and oxygen atoms in total. The summed E-state index contributed by atoms with van der Waals surface area (Å²) >= 11 is 0. The third-order valence-corrected chi connectivity index (χ3v) is 3.22. The molecule has 0 aliphatic rings. The van der Waals surface area contributed by atoms with E-state index in [1.165, 1.54) is 11.1 Å². The number of aryl methyl sites for hydroxylation is 1. The van der Waals surface area contributed by atoms with Gasteiger partial charge in [0, 0.05) is 13.1 Å². The van der Waals surface area contributed by atoms with Crippen LogP contribution in [-0.2, 0) is 11.2 Å². The van der Waals surface area contributed by atoms with Crippen molar-refractivity contribution >= 4 is 5.91 Å². The number of likely N-dealkylation sites (N-methyl/N-ethyl adjacent to an activating group) is 1. The molecule has 0 unspecified atom stereocenters. The van der Waals surface area contributed by atoms with Gasteiger partial charge >= 0.3 is 0 Å². The van der Waals surface area contributed by atoms with Crippen LogP contribution in [0.25, 0.3) is 0 Å². The van der Waals surface area contributed by atoms with Gasteiger partial charge in [-0.3, -0.25) is 4.79 Å². The van der Waals surface area contributed by atoms with E-state index in [1.54, 1.807) is 0 Å². The molecule has 1 aromatic rings. The monoisotopic (exact) mass is 248 g/mol. The summed E-state index contributed by atoms with van der Waals surface area (Å²) in [4.78, 5) is 13.6. The second-order valence-electron chi connectivity index (χ2n) is 4.42. The van der Waals surface area contributed by atoms with E-state index in [1.807, 2.05) is 18.7 Å². The summed E-state index contributed by atoms with van der Waals surface area (Å²) in [6.45, 7) is 8.99. The van der Waals surface area contributed by atoms with Gasteiger partial charge in [0.25, 0.3) is 0 Å². The van der Waals surface area contributed by atoms with Gasteiger partial charge in [-0.15, -0.1) is 0 Å². The SMILES string of the molecule is CCN(CC)C(=O)CNCCc1ccccc1C. The van der Waals surface area contributed by atoms with E-state index in [9.17, 15) is 4.79 Å². The molecule has 0 atom stereocenters. The molecule has 0 radical (unpaired) electrons. The van der Waals surface area contributed by atoms with Crippen LogP contribution in [0.2, 0.25) is 0 Å². The average Bonchev–Trinajstić information content (AvgIpc) is 2.38. The van der Waals surface area contributed by atoms with E-state index in [0.29, 0.717) is 6.54 Å². The normalized spacial score (nSPS) is 10.4. The van der Waals surface area contributed by atoms with E-state index < -0.39 is 0 Å². The van der Waals surface area contributed by atoms with Gasteiger partial charge in [-0.2, -0.15) is 0 Å². The van der Waals surface area contributed by atoms with Gasteiger partial charge in [0.1, 0.15) is 0 Å². The Hall–Kier alpha value is -1.35. The Kier molecular flexibility index (Phi) is 6.44. The zero-order valence-electron chi connectivity index (χ0n) is 11.7. The van der Waals surface area contributed by atoms with Crippen LogP contribution in [-0.4, -0.2) is 37.0 Å². The van der Waals surface area contributed by atoms with E-state index >= 15 is 0 Å².